The Hall–Kier alpha value is -2.60. The highest BCUT2D eigenvalue weighted by Crippen LogP contribution is 2.32. The Morgan fingerprint density at radius 2 is 1.43 bits per heavy atom. The predicted octanol–water partition coefficient (Wildman–Crippen LogP) is 6.55. The van der Waals surface area contributed by atoms with Gasteiger partial charge in [0.2, 0.25) is 0 Å². The molecular formula is C23H20. The van der Waals surface area contributed by atoms with E-state index in [1.807, 2.05) is 0 Å². The number of benzene rings is 3. The van der Waals surface area contributed by atoms with Gasteiger partial charge in [-0.05, 0) is 58.4 Å². The number of fused-ring (bicyclic) bond motifs is 1. The van der Waals surface area contributed by atoms with Gasteiger partial charge in [0, 0.05) is 0 Å². The first kappa shape index (κ1) is 14.0. The van der Waals surface area contributed by atoms with Crippen molar-refractivity contribution in [1.29, 1.82) is 0 Å². The largest absolute Gasteiger partial charge is 0.0836 e. The molecule has 0 unspecified atom stereocenters. The second kappa shape index (κ2) is 5.89. The van der Waals surface area contributed by atoms with Gasteiger partial charge >= 0.3 is 0 Å². The van der Waals surface area contributed by atoms with Crippen molar-refractivity contribution in [2.45, 2.75) is 19.8 Å². The molecule has 1 aliphatic carbocycles. The lowest BCUT2D eigenvalue weighted by molar-refractivity contribution is 1.04. The Balaban J connectivity index is 1.78. The first-order chi connectivity index (χ1) is 11.3. The minimum Gasteiger partial charge on any atom is -0.0836 e. The second-order valence-electron chi connectivity index (χ2n) is 6.19. The van der Waals surface area contributed by atoms with Crippen LogP contribution in [0.5, 0.6) is 0 Å². The van der Waals surface area contributed by atoms with Crippen molar-refractivity contribution in [2.24, 2.45) is 0 Å². The van der Waals surface area contributed by atoms with Crippen LogP contribution in [-0.2, 0) is 0 Å². The van der Waals surface area contributed by atoms with Crippen LogP contribution in [0, 0.1) is 6.92 Å². The first-order valence-electron chi connectivity index (χ1n) is 8.29. The average Bonchev–Trinajstić information content (AvgIpc) is 2.63. The summed E-state index contributed by atoms with van der Waals surface area (Å²) in [5.41, 5.74) is 6.58. The zero-order valence-electron chi connectivity index (χ0n) is 13.4. The number of rotatable bonds is 2. The van der Waals surface area contributed by atoms with Crippen molar-refractivity contribution in [1.82, 2.24) is 0 Å². The molecule has 0 nitrogen and oxygen atoms in total. The van der Waals surface area contributed by atoms with E-state index in [9.17, 15) is 0 Å². The fourth-order valence-electron chi connectivity index (χ4n) is 3.37. The molecule has 0 bridgehead atoms. The maximum atomic E-state index is 2.33. The second-order valence-corrected chi connectivity index (χ2v) is 6.19. The SMILES string of the molecule is Cc1ccc(-c2ccc(C3=CCCC=C3)cc2)c2ccccc12. The summed E-state index contributed by atoms with van der Waals surface area (Å²) in [7, 11) is 0. The Morgan fingerprint density at radius 3 is 2.17 bits per heavy atom. The number of hydrogen-bond acceptors (Lipinski definition) is 0. The lowest BCUT2D eigenvalue weighted by Crippen LogP contribution is -1.87. The van der Waals surface area contributed by atoms with Crippen LogP contribution in [0.3, 0.4) is 0 Å². The molecule has 0 N–H and O–H groups in total. The third kappa shape index (κ3) is 2.61. The van der Waals surface area contributed by atoms with E-state index in [1.165, 1.54) is 38.6 Å². The van der Waals surface area contributed by atoms with E-state index < -0.39 is 0 Å². The van der Waals surface area contributed by atoms with E-state index in [0.29, 0.717) is 0 Å². The summed E-state index contributed by atoms with van der Waals surface area (Å²) >= 11 is 0. The minimum absolute atomic E-state index is 1.15. The zero-order valence-corrected chi connectivity index (χ0v) is 13.4. The van der Waals surface area contributed by atoms with E-state index in [2.05, 4.69) is 85.8 Å². The maximum absolute atomic E-state index is 2.33. The summed E-state index contributed by atoms with van der Waals surface area (Å²) in [5, 5.41) is 2.67. The fourth-order valence-corrected chi connectivity index (χ4v) is 3.37. The van der Waals surface area contributed by atoms with Crippen LogP contribution in [0.2, 0.25) is 0 Å². The van der Waals surface area contributed by atoms with Crippen LogP contribution in [-0.4, -0.2) is 0 Å². The summed E-state index contributed by atoms with van der Waals surface area (Å²) in [5.74, 6) is 0. The molecule has 3 aromatic rings. The smallest absolute Gasteiger partial charge is 0.0103 e. The van der Waals surface area contributed by atoms with Crippen LogP contribution in [0.15, 0.2) is 78.9 Å². The lowest BCUT2D eigenvalue weighted by Gasteiger charge is -2.11. The molecule has 23 heavy (non-hydrogen) atoms. The summed E-state index contributed by atoms with van der Waals surface area (Å²) in [4.78, 5) is 0. The Kier molecular flexibility index (Phi) is 3.59. The van der Waals surface area contributed by atoms with Gasteiger partial charge in [-0.25, -0.2) is 0 Å². The fraction of sp³-hybridized carbons (Fsp3) is 0.130. The van der Waals surface area contributed by atoms with Crippen molar-refractivity contribution in [3.8, 4) is 11.1 Å². The molecule has 3 aromatic carbocycles. The zero-order chi connectivity index (χ0) is 15.6. The van der Waals surface area contributed by atoms with Crippen LogP contribution in [0.4, 0.5) is 0 Å². The first-order valence-corrected chi connectivity index (χ1v) is 8.29. The summed E-state index contributed by atoms with van der Waals surface area (Å²) in [6.45, 7) is 2.18. The molecule has 0 spiro atoms. The maximum Gasteiger partial charge on any atom is -0.0103 e. The number of hydrogen-bond donors (Lipinski definition) is 0. The van der Waals surface area contributed by atoms with Crippen LogP contribution < -0.4 is 0 Å². The van der Waals surface area contributed by atoms with Crippen molar-refractivity contribution in [3.63, 3.8) is 0 Å². The van der Waals surface area contributed by atoms with Gasteiger partial charge in [-0.2, -0.15) is 0 Å². The Morgan fingerprint density at radius 1 is 0.696 bits per heavy atom. The van der Waals surface area contributed by atoms with Crippen molar-refractivity contribution < 1.29 is 0 Å². The molecular weight excluding hydrogens is 276 g/mol. The molecule has 0 saturated heterocycles. The standard InChI is InChI=1S/C23H20/c1-17-11-16-22(23-10-6-5-9-21(17)23)20-14-12-19(13-15-20)18-7-3-2-4-8-18/h3,5-16H,2,4H2,1H3. The molecule has 0 aromatic heterocycles. The molecule has 0 saturated carbocycles. The molecule has 0 amide bonds. The predicted molar refractivity (Wildman–Crippen MR) is 100 cm³/mol. The summed E-state index contributed by atoms with van der Waals surface area (Å²) in [6.07, 6.45) is 9.14. The molecule has 1 aliphatic rings. The van der Waals surface area contributed by atoms with Gasteiger partial charge in [0.15, 0.2) is 0 Å². The normalized spacial score (nSPS) is 14.0. The molecule has 0 radical (unpaired) electrons. The molecule has 0 heterocycles. The molecule has 0 heteroatoms. The van der Waals surface area contributed by atoms with E-state index in [-0.39, 0.29) is 0 Å². The van der Waals surface area contributed by atoms with Crippen molar-refractivity contribution in [2.75, 3.05) is 0 Å². The third-order valence-electron chi connectivity index (χ3n) is 4.67. The molecule has 0 aliphatic heterocycles. The quantitative estimate of drug-likeness (QED) is 0.503. The van der Waals surface area contributed by atoms with Gasteiger partial charge in [0.25, 0.3) is 0 Å². The highest BCUT2D eigenvalue weighted by Gasteiger charge is 2.07. The van der Waals surface area contributed by atoms with Gasteiger partial charge in [0.1, 0.15) is 0 Å². The molecule has 112 valence electrons. The summed E-state index contributed by atoms with van der Waals surface area (Å²) in [6, 6.07) is 22.1. The van der Waals surface area contributed by atoms with Crippen molar-refractivity contribution in [3.05, 3.63) is 90.0 Å². The minimum atomic E-state index is 1.15. The molecule has 0 atom stereocenters. The van der Waals surface area contributed by atoms with Gasteiger partial charge in [-0.15, -0.1) is 0 Å². The van der Waals surface area contributed by atoms with E-state index >= 15 is 0 Å². The Labute approximate surface area is 137 Å². The van der Waals surface area contributed by atoms with Crippen LogP contribution in [0.25, 0.3) is 27.5 Å². The highest BCUT2D eigenvalue weighted by molar-refractivity contribution is 5.98. The Bertz CT molecular complexity index is 908. The van der Waals surface area contributed by atoms with E-state index in [0.717, 1.165) is 12.8 Å². The van der Waals surface area contributed by atoms with Gasteiger partial charge in [-0.1, -0.05) is 78.9 Å². The van der Waals surface area contributed by atoms with Gasteiger partial charge < -0.3 is 0 Å². The average molecular weight is 296 g/mol. The van der Waals surface area contributed by atoms with Crippen LogP contribution in [0.1, 0.15) is 24.0 Å². The monoisotopic (exact) mass is 296 g/mol. The highest BCUT2D eigenvalue weighted by atomic mass is 14.1. The third-order valence-corrected chi connectivity index (χ3v) is 4.67. The molecule has 0 fully saturated rings. The number of allylic oxidation sites excluding steroid dienone is 4. The van der Waals surface area contributed by atoms with Gasteiger partial charge in [-0.3, -0.25) is 0 Å². The van der Waals surface area contributed by atoms with E-state index in [1.54, 1.807) is 0 Å². The van der Waals surface area contributed by atoms with Crippen molar-refractivity contribution >= 4 is 16.3 Å². The summed E-state index contributed by atoms with van der Waals surface area (Å²) < 4.78 is 0. The van der Waals surface area contributed by atoms with Crippen LogP contribution >= 0.6 is 0 Å². The lowest BCUT2D eigenvalue weighted by atomic mass is 9.93. The number of aryl methyl sites for hydroxylation is 1. The van der Waals surface area contributed by atoms with E-state index in [4.69, 9.17) is 0 Å². The van der Waals surface area contributed by atoms with Gasteiger partial charge in [0.05, 0.1) is 0 Å². The topological polar surface area (TPSA) is 0 Å². The molecule has 4 rings (SSSR count).